The van der Waals surface area contributed by atoms with E-state index in [1.165, 1.54) is 0 Å². The summed E-state index contributed by atoms with van der Waals surface area (Å²) in [5, 5.41) is 14.4. The second kappa shape index (κ2) is 6.75. The van der Waals surface area contributed by atoms with Crippen LogP contribution in [0.3, 0.4) is 0 Å². The molecule has 0 saturated heterocycles. The minimum absolute atomic E-state index is 0.163. The first kappa shape index (κ1) is 17.3. The van der Waals surface area contributed by atoms with E-state index in [0.29, 0.717) is 28.8 Å². The Morgan fingerprint density at radius 3 is 2.88 bits per heavy atom. The Balaban J connectivity index is 1.71. The number of nitrogens with one attached hydrogen (secondary N) is 3. The zero-order valence-corrected chi connectivity index (χ0v) is 15.2. The van der Waals surface area contributed by atoms with Gasteiger partial charge < -0.3 is 10.6 Å². The van der Waals surface area contributed by atoms with Crippen LogP contribution in [0.5, 0.6) is 0 Å². The fraction of sp³-hybridized carbons (Fsp3) is 0.412. The summed E-state index contributed by atoms with van der Waals surface area (Å²) in [7, 11) is 0. The van der Waals surface area contributed by atoms with Gasteiger partial charge in [-0.25, -0.2) is 0 Å². The van der Waals surface area contributed by atoms with Crippen LogP contribution in [0.15, 0.2) is 18.2 Å². The maximum atomic E-state index is 12.5. The molecule has 0 bridgehead atoms. The number of carbonyl (C=O) groups is 1. The van der Waals surface area contributed by atoms with Gasteiger partial charge in [0.05, 0.1) is 10.0 Å². The SMILES string of the molecule is CC(C)(CNC(=O)c1n[nH]c2c1CNCC2)c1ccc(Cl)c(Cl)c1. The van der Waals surface area contributed by atoms with Gasteiger partial charge in [0, 0.05) is 42.7 Å². The second-order valence-corrected chi connectivity index (χ2v) is 7.47. The summed E-state index contributed by atoms with van der Waals surface area (Å²) in [6, 6.07) is 5.55. The van der Waals surface area contributed by atoms with E-state index >= 15 is 0 Å². The molecule has 128 valence electrons. The summed E-state index contributed by atoms with van der Waals surface area (Å²) >= 11 is 12.1. The van der Waals surface area contributed by atoms with Crippen molar-refractivity contribution in [3.63, 3.8) is 0 Å². The third-order valence-corrected chi connectivity index (χ3v) is 5.15. The van der Waals surface area contributed by atoms with E-state index in [0.717, 1.165) is 29.8 Å². The molecule has 0 radical (unpaired) electrons. The van der Waals surface area contributed by atoms with E-state index in [1.54, 1.807) is 6.07 Å². The Labute approximate surface area is 151 Å². The van der Waals surface area contributed by atoms with Crippen LogP contribution in [0.2, 0.25) is 10.0 Å². The Bertz CT molecular complexity index is 770. The maximum absolute atomic E-state index is 12.5. The molecule has 3 rings (SSSR count). The lowest BCUT2D eigenvalue weighted by molar-refractivity contribution is 0.0939. The fourth-order valence-electron chi connectivity index (χ4n) is 2.82. The van der Waals surface area contributed by atoms with Crippen LogP contribution < -0.4 is 10.6 Å². The predicted molar refractivity (Wildman–Crippen MR) is 95.8 cm³/mol. The third-order valence-electron chi connectivity index (χ3n) is 4.41. The Kier molecular flexibility index (Phi) is 4.85. The Morgan fingerprint density at radius 1 is 1.33 bits per heavy atom. The molecule has 24 heavy (non-hydrogen) atoms. The van der Waals surface area contributed by atoms with Gasteiger partial charge in [0.1, 0.15) is 0 Å². The van der Waals surface area contributed by atoms with Gasteiger partial charge in [-0.3, -0.25) is 9.89 Å². The van der Waals surface area contributed by atoms with Crippen molar-refractivity contribution in [3.8, 4) is 0 Å². The van der Waals surface area contributed by atoms with Crippen molar-refractivity contribution in [1.29, 1.82) is 0 Å². The molecule has 2 aromatic rings. The van der Waals surface area contributed by atoms with Crippen LogP contribution in [0.1, 0.15) is 41.2 Å². The third kappa shape index (κ3) is 3.43. The molecule has 2 heterocycles. The highest BCUT2D eigenvalue weighted by Crippen LogP contribution is 2.29. The monoisotopic (exact) mass is 366 g/mol. The highest BCUT2D eigenvalue weighted by atomic mass is 35.5. The van der Waals surface area contributed by atoms with Crippen LogP contribution in [-0.2, 0) is 18.4 Å². The van der Waals surface area contributed by atoms with Crippen molar-refractivity contribution in [2.75, 3.05) is 13.1 Å². The number of hydrogen-bond donors (Lipinski definition) is 3. The molecule has 7 heteroatoms. The first-order valence-corrected chi connectivity index (χ1v) is 8.64. The second-order valence-electron chi connectivity index (χ2n) is 6.65. The Hall–Kier alpha value is -1.56. The molecule has 0 spiro atoms. The number of rotatable bonds is 4. The van der Waals surface area contributed by atoms with Crippen LogP contribution >= 0.6 is 23.2 Å². The topological polar surface area (TPSA) is 69.8 Å². The molecule has 1 aliphatic rings. The number of amides is 1. The summed E-state index contributed by atoms with van der Waals surface area (Å²) in [4.78, 5) is 12.5. The molecule has 1 aliphatic heterocycles. The van der Waals surface area contributed by atoms with E-state index in [4.69, 9.17) is 23.2 Å². The van der Waals surface area contributed by atoms with Gasteiger partial charge in [-0.15, -0.1) is 0 Å². The van der Waals surface area contributed by atoms with E-state index in [1.807, 2.05) is 12.1 Å². The summed E-state index contributed by atoms with van der Waals surface area (Å²) in [5.41, 5.74) is 3.22. The average Bonchev–Trinajstić information content (AvgIpc) is 2.99. The normalized spacial score (nSPS) is 14.3. The van der Waals surface area contributed by atoms with Gasteiger partial charge in [0.15, 0.2) is 5.69 Å². The van der Waals surface area contributed by atoms with Crippen molar-refractivity contribution < 1.29 is 4.79 Å². The van der Waals surface area contributed by atoms with Crippen molar-refractivity contribution in [2.24, 2.45) is 0 Å². The lowest BCUT2D eigenvalue weighted by Gasteiger charge is -2.26. The van der Waals surface area contributed by atoms with Gasteiger partial charge >= 0.3 is 0 Å². The summed E-state index contributed by atoms with van der Waals surface area (Å²) in [6.45, 7) is 6.15. The molecule has 0 unspecified atom stereocenters. The molecule has 5 nitrogen and oxygen atoms in total. The molecule has 0 saturated carbocycles. The standard InChI is InChI=1S/C17H20Cl2N4O/c1-17(2,10-3-4-12(18)13(19)7-10)9-21-16(24)15-11-8-20-6-5-14(11)22-23-15/h3-4,7,20H,5-6,8-9H2,1-2H3,(H,21,24)(H,22,23). The van der Waals surface area contributed by atoms with Gasteiger partial charge in [-0.05, 0) is 17.7 Å². The van der Waals surface area contributed by atoms with Crippen LogP contribution in [0.25, 0.3) is 0 Å². The molecule has 1 aromatic carbocycles. The van der Waals surface area contributed by atoms with Crippen LogP contribution in [0, 0.1) is 0 Å². The lowest BCUT2D eigenvalue weighted by Crippen LogP contribution is -2.37. The van der Waals surface area contributed by atoms with E-state index in [-0.39, 0.29) is 11.3 Å². The number of aromatic amines is 1. The fourth-order valence-corrected chi connectivity index (χ4v) is 3.12. The first-order chi connectivity index (χ1) is 11.4. The first-order valence-electron chi connectivity index (χ1n) is 7.89. The summed E-state index contributed by atoms with van der Waals surface area (Å²) in [5.74, 6) is -0.163. The quantitative estimate of drug-likeness (QED) is 0.778. The minimum Gasteiger partial charge on any atom is -0.350 e. The van der Waals surface area contributed by atoms with Gasteiger partial charge in [0.25, 0.3) is 5.91 Å². The number of hydrogen-bond acceptors (Lipinski definition) is 3. The van der Waals surface area contributed by atoms with Crippen molar-refractivity contribution >= 4 is 29.1 Å². The van der Waals surface area contributed by atoms with Crippen molar-refractivity contribution in [2.45, 2.75) is 32.2 Å². The Morgan fingerprint density at radius 2 is 2.12 bits per heavy atom. The van der Waals surface area contributed by atoms with Crippen LogP contribution in [0.4, 0.5) is 0 Å². The molecule has 3 N–H and O–H groups in total. The predicted octanol–water partition coefficient (Wildman–Crippen LogP) is 3.07. The van der Waals surface area contributed by atoms with Gasteiger partial charge in [-0.1, -0.05) is 43.1 Å². The highest BCUT2D eigenvalue weighted by molar-refractivity contribution is 6.42. The summed E-state index contributed by atoms with van der Waals surface area (Å²) in [6.07, 6.45) is 0.865. The van der Waals surface area contributed by atoms with Crippen molar-refractivity contribution in [3.05, 3.63) is 50.8 Å². The van der Waals surface area contributed by atoms with E-state index in [9.17, 15) is 4.79 Å². The van der Waals surface area contributed by atoms with E-state index in [2.05, 4.69) is 34.7 Å². The zero-order valence-electron chi connectivity index (χ0n) is 13.7. The number of carbonyl (C=O) groups excluding carboxylic acids is 1. The van der Waals surface area contributed by atoms with Crippen molar-refractivity contribution in [1.82, 2.24) is 20.8 Å². The number of benzene rings is 1. The average molecular weight is 367 g/mol. The smallest absolute Gasteiger partial charge is 0.272 e. The lowest BCUT2D eigenvalue weighted by atomic mass is 9.84. The minimum atomic E-state index is -0.279. The number of halogens is 2. The zero-order chi connectivity index (χ0) is 17.3. The van der Waals surface area contributed by atoms with Gasteiger partial charge in [-0.2, -0.15) is 5.10 Å². The number of nitrogens with zero attached hydrogens (tertiary/aromatic N) is 1. The molecule has 1 amide bonds. The highest BCUT2D eigenvalue weighted by Gasteiger charge is 2.25. The number of aromatic nitrogens is 2. The molecule has 0 atom stereocenters. The summed E-state index contributed by atoms with van der Waals surface area (Å²) < 4.78 is 0. The number of fused-ring (bicyclic) bond motifs is 1. The number of H-pyrrole nitrogens is 1. The molecule has 0 aliphatic carbocycles. The molecule has 0 fully saturated rings. The van der Waals surface area contributed by atoms with Gasteiger partial charge in [0.2, 0.25) is 0 Å². The largest absolute Gasteiger partial charge is 0.350 e. The van der Waals surface area contributed by atoms with Crippen LogP contribution in [-0.4, -0.2) is 29.2 Å². The maximum Gasteiger partial charge on any atom is 0.272 e. The van der Waals surface area contributed by atoms with E-state index < -0.39 is 0 Å². The molecular formula is C17H20Cl2N4O. The molecule has 1 aromatic heterocycles. The molecular weight excluding hydrogens is 347 g/mol.